The minimum absolute atomic E-state index is 0.0738. The lowest BCUT2D eigenvalue weighted by molar-refractivity contribution is 0.281. The van der Waals surface area contributed by atoms with E-state index >= 15 is 0 Å². The lowest BCUT2D eigenvalue weighted by Gasteiger charge is -2.39. The SMILES string of the molecule is CCC(CC)(c1ccccc1)C(NC)c1ccn(C)n1. The maximum atomic E-state index is 4.62. The minimum atomic E-state index is 0.0738. The van der Waals surface area contributed by atoms with Crippen LogP contribution in [0.4, 0.5) is 0 Å². The van der Waals surface area contributed by atoms with Gasteiger partial charge in [-0.1, -0.05) is 44.2 Å². The summed E-state index contributed by atoms with van der Waals surface area (Å²) >= 11 is 0. The fraction of sp³-hybridized carbons (Fsp3) is 0.471. The van der Waals surface area contributed by atoms with E-state index in [0.717, 1.165) is 18.5 Å². The van der Waals surface area contributed by atoms with E-state index in [1.807, 2.05) is 25.0 Å². The van der Waals surface area contributed by atoms with Crippen LogP contribution in [0.1, 0.15) is 44.0 Å². The zero-order chi connectivity index (χ0) is 14.6. The summed E-state index contributed by atoms with van der Waals surface area (Å²) in [7, 11) is 4.00. The normalized spacial score (nSPS) is 13.4. The van der Waals surface area contributed by atoms with Crippen molar-refractivity contribution in [3.05, 3.63) is 53.9 Å². The van der Waals surface area contributed by atoms with Gasteiger partial charge in [-0.3, -0.25) is 4.68 Å². The van der Waals surface area contributed by atoms with Crippen LogP contribution in [0.3, 0.4) is 0 Å². The van der Waals surface area contributed by atoms with Gasteiger partial charge in [0.15, 0.2) is 0 Å². The van der Waals surface area contributed by atoms with E-state index in [4.69, 9.17) is 0 Å². The van der Waals surface area contributed by atoms with Crippen LogP contribution in [-0.2, 0) is 12.5 Å². The summed E-state index contributed by atoms with van der Waals surface area (Å²) in [6.07, 6.45) is 4.17. The molecular weight excluding hydrogens is 246 g/mol. The van der Waals surface area contributed by atoms with Crippen LogP contribution in [0, 0.1) is 0 Å². The number of benzene rings is 1. The third-order valence-corrected chi connectivity index (χ3v) is 4.48. The zero-order valence-corrected chi connectivity index (χ0v) is 12.9. The Kier molecular flexibility index (Phi) is 4.61. The van der Waals surface area contributed by atoms with Crippen LogP contribution >= 0.6 is 0 Å². The zero-order valence-electron chi connectivity index (χ0n) is 12.9. The van der Waals surface area contributed by atoms with Crippen molar-refractivity contribution in [2.75, 3.05) is 7.05 Å². The lowest BCUT2D eigenvalue weighted by Crippen LogP contribution is -2.40. The van der Waals surface area contributed by atoms with E-state index in [-0.39, 0.29) is 11.5 Å². The van der Waals surface area contributed by atoms with Crippen molar-refractivity contribution < 1.29 is 0 Å². The largest absolute Gasteiger partial charge is 0.311 e. The lowest BCUT2D eigenvalue weighted by atomic mass is 9.69. The third kappa shape index (κ3) is 2.50. The molecular formula is C17H25N3. The number of rotatable bonds is 6. The van der Waals surface area contributed by atoms with Gasteiger partial charge in [-0.15, -0.1) is 0 Å². The molecule has 2 rings (SSSR count). The number of aromatic nitrogens is 2. The molecule has 0 bridgehead atoms. The number of hydrogen-bond acceptors (Lipinski definition) is 2. The van der Waals surface area contributed by atoms with Crippen molar-refractivity contribution in [1.29, 1.82) is 0 Å². The highest BCUT2D eigenvalue weighted by molar-refractivity contribution is 5.30. The van der Waals surface area contributed by atoms with Gasteiger partial charge in [-0.2, -0.15) is 5.10 Å². The highest BCUT2D eigenvalue weighted by Crippen LogP contribution is 2.42. The Hall–Kier alpha value is -1.61. The molecule has 1 aromatic carbocycles. The maximum absolute atomic E-state index is 4.62. The number of nitrogens with zero attached hydrogens (tertiary/aromatic N) is 2. The van der Waals surface area contributed by atoms with Gasteiger partial charge in [0, 0.05) is 18.7 Å². The van der Waals surface area contributed by atoms with Gasteiger partial charge in [0.05, 0.1) is 11.7 Å². The molecule has 1 aromatic heterocycles. The molecule has 1 unspecified atom stereocenters. The number of aryl methyl sites for hydroxylation is 1. The molecule has 0 fully saturated rings. The van der Waals surface area contributed by atoms with Gasteiger partial charge in [0.1, 0.15) is 0 Å². The van der Waals surface area contributed by atoms with Gasteiger partial charge in [-0.05, 0) is 31.5 Å². The summed E-state index contributed by atoms with van der Waals surface area (Å²) in [5.74, 6) is 0. The first-order valence-electron chi connectivity index (χ1n) is 7.40. The first-order chi connectivity index (χ1) is 9.67. The topological polar surface area (TPSA) is 29.9 Å². The van der Waals surface area contributed by atoms with E-state index in [0.29, 0.717) is 0 Å². The minimum Gasteiger partial charge on any atom is -0.311 e. The van der Waals surface area contributed by atoms with Gasteiger partial charge >= 0.3 is 0 Å². The highest BCUT2D eigenvalue weighted by Gasteiger charge is 2.38. The van der Waals surface area contributed by atoms with Crippen molar-refractivity contribution in [3.63, 3.8) is 0 Å². The van der Waals surface area contributed by atoms with Crippen LogP contribution in [-0.4, -0.2) is 16.8 Å². The van der Waals surface area contributed by atoms with E-state index in [2.05, 4.69) is 60.7 Å². The van der Waals surface area contributed by atoms with Crippen LogP contribution in [0.5, 0.6) is 0 Å². The Balaban J connectivity index is 2.50. The van der Waals surface area contributed by atoms with Gasteiger partial charge in [0.2, 0.25) is 0 Å². The summed E-state index contributed by atoms with van der Waals surface area (Å²) in [6.45, 7) is 4.54. The average Bonchev–Trinajstić information content (AvgIpc) is 2.92. The quantitative estimate of drug-likeness (QED) is 0.872. The fourth-order valence-corrected chi connectivity index (χ4v) is 3.30. The second-order valence-corrected chi connectivity index (χ2v) is 5.37. The molecule has 0 radical (unpaired) electrons. The molecule has 0 saturated carbocycles. The van der Waals surface area contributed by atoms with Crippen molar-refractivity contribution in [2.24, 2.45) is 7.05 Å². The predicted molar refractivity (Wildman–Crippen MR) is 83.7 cm³/mol. The second-order valence-electron chi connectivity index (χ2n) is 5.37. The van der Waals surface area contributed by atoms with Gasteiger partial charge < -0.3 is 5.32 Å². The Bertz CT molecular complexity index is 526. The molecule has 0 aliphatic rings. The average molecular weight is 271 g/mol. The molecule has 0 saturated heterocycles. The van der Waals surface area contributed by atoms with Crippen LogP contribution in [0.2, 0.25) is 0 Å². The van der Waals surface area contributed by atoms with Crippen LogP contribution in [0.25, 0.3) is 0 Å². The second kappa shape index (κ2) is 6.23. The van der Waals surface area contributed by atoms with E-state index in [1.165, 1.54) is 5.56 Å². The third-order valence-electron chi connectivity index (χ3n) is 4.48. The summed E-state index contributed by atoms with van der Waals surface area (Å²) in [4.78, 5) is 0. The van der Waals surface area contributed by atoms with Crippen molar-refractivity contribution in [1.82, 2.24) is 15.1 Å². The molecule has 3 heteroatoms. The van der Waals surface area contributed by atoms with E-state index in [9.17, 15) is 0 Å². The molecule has 2 aromatic rings. The molecule has 1 heterocycles. The monoisotopic (exact) mass is 271 g/mol. The molecule has 108 valence electrons. The number of likely N-dealkylation sites (N-methyl/N-ethyl adjacent to an activating group) is 1. The van der Waals surface area contributed by atoms with Crippen molar-refractivity contribution in [3.8, 4) is 0 Å². The maximum Gasteiger partial charge on any atom is 0.0802 e. The Morgan fingerprint density at radius 1 is 1.15 bits per heavy atom. The van der Waals surface area contributed by atoms with Crippen LogP contribution < -0.4 is 5.32 Å². The Morgan fingerprint density at radius 3 is 2.25 bits per heavy atom. The summed E-state index contributed by atoms with van der Waals surface area (Å²) in [5.41, 5.74) is 2.57. The Labute approximate surface area is 122 Å². The molecule has 20 heavy (non-hydrogen) atoms. The highest BCUT2D eigenvalue weighted by atomic mass is 15.3. The molecule has 1 atom stereocenters. The molecule has 0 amide bonds. The first kappa shape index (κ1) is 14.8. The molecule has 0 aliphatic heterocycles. The Morgan fingerprint density at radius 2 is 1.80 bits per heavy atom. The standard InChI is InChI=1S/C17H25N3/c1-5-17(6-2,14-10-8-7-9-11-14)16(18-3)15-12-13-20(4)19-15/h7-13,16,18H,5-6H2,1-4H3. The van der Waals surface area contributed by atoms with E-state index in [1.54, 1.807) is 0 Å². The predicted octanol–water partition coefficient (Wildman–Crippen LogP) is 3.44. The fourth-order valence-electron chi connectivity index (χ4n) is 3.30. The number of nitrogens with one attached hydrogen (secondary N) is 1. The van der Waals surface area contributed by atoms with Gasteiger partial charge in [-0.25, -0.2) is 0 Å². The van der Waals surface area contributed by atoms with E-state index < -0.39 is 0 Å². The van der Waals surface area contributed by atoms with Gasteiger partial charge in [0.25, 0.3) is 0 Å². The molecule has 0 aliphatic carbocycles. The smallest absolute Gasteiger partial charge is 0.0802 e. The molecule has 0 spiro atoms. The summed E-state index contributed by atoms with van der Waals surface area (Å²) in [5, 5.41) is 8.12. The molecule has 3 nitrogen and oxygen atoms in total. The first-order valence-corrected chi connectivity index (χ1v) is 7.40. The summed E-state index contributed by atoms with van der Waals surface area (Å²) in [6, 6.07) is 13.1. The van der Waals surface area contributed by atoms with Crippen molar-refractivity contribution >= 4 is 0 Å². The van der Waals surface area contributed by atoms with Crippen LogP contribution in [0.15, 0.2) is 42.6 Å². The molecule has 1 N–H and O–H groups in total. The number of hydrogen-bond donors (Lipinski definition) is 1. The van der Waals surface area contributed by atoms with Crippen molar-refractivity contribution in [2.45, 2.75) is 38.1 Å². The summed E-state index contributed by atoms with van der Waals surface area (Å²) < 4.78 is 1.88.